The molecule has 4 nitrogen and oxygen atoms in total. The minimum Gasteiger partial charge on any atom is -0.383 e. The van der Waals surface area contributed by atoms with Gasteiger partial charge in [-0.3, -0.25) is 4.90 Å². The van der Waals surface area contributed by atoms with Crippen molar-refractivity contribution in [3.8, 4) is 0 Å². The van der Waals surface area contributed by atoms with E-state index in [-0.39, 0.29) is 0 Å². The molecule has 0 saturated carbocycles. The van der Waals surface area contributed by atoms with Gasteiger partial charge in [-0.05, 0) is 32.7 Å². The Morgan fingerprint density at radius 2 is 2.12 bits per heavy atom. The molecule has 0 radical (unpaired) electrons. The molecule has 1 aliphatic heterocycles. The van der Waals surface area contributed by atoms with E-state index in [2.05, 4.69) is 17.1 Å². The van der Waals surface area contributed by atoms with Gasteiger partial charge in [0.25, 0.3) is 0 Å². The van der Waals surface area contributed by atoms with Crippen LogP contribution in [0.3, 0.4) is 0 Å². The maximum absolute atomic E-state index is 5.24. The van der Waals surface area contributed by atoms with E-state index in [1.54, 1.807) is 14.2 Å². The molecule has 0 spiro atoms. The quantitative estimate of drug-likeness (QED) is 0.659. The van der Waals surface area contributed by atoms with E-state index < -0.39 is 0 Å². The lowest BCUT2D eigenvalue weighted by molar-refractivity contribution is 0.0729. The predicted molar refractivity (Wildman–Crippen MR) is 70.4 cm³/mol. The summed E-state index contributed by atoms with van der Waals surface area (Å²) in [7, 11) is 3.53. The first-order valence-corrected chi connectivity index (χ1v) is 6.73. The van der Waals surface area contributed by atoms with Crippen molar-refractivity contribution in [1.82, 2.24) is 10.2 Å². The normalized spacial score (nSPS) is 22.2. The fourth-order valence-corrected chi connectivity index (χ4v) is 2.43. The Morgan fingerprint density at radius 1 is 1.29 bits per heavy atom. The van der Waals surface area contributed by atoms with Gasteiger partial charge >= 0.3 is 0 Å². The molecule has 1 N–H and O–H groups in total. The fraction of sp³-hybridized carbons (Fsp3) is 1.00. The van der Waals surface area contributed by atoms with Crippen molar-refractivity contribution in [2.75, 3.05) is 47.1 Å². The Hall–Kier alpha value is -0.160. The van der Waals surface area contributed by atoms with Crippen molar-refractivity contribution in [2.45, 2.75) is 38.3 Å². The van der Waals surface area contributed by atoms with Crippen molar-refractivity contribution in [3.63, 3.8) is 0 Å². The summed E-state index contributed by atoms with van der Waals surface area (Å²) in [4.78, 5) is 2.47. The van der Waals surface area contributed by atoms with Gasteiger partial charge < -0.3 is 14.8 Å². The summed E-state index contributed by atoms with van der Waals surface area (Å²) in [5.41, 5.74) is 0. The number of nitrogens with zero attached hydrogens (tertiary/aromatic N) is 1. The van der Waals surface area contributed by atoms with Crippen LogP contribution in [0.4, 0.5) is 0 Å². The Labute approximate surface area is 106 Å². The standard InChI is InChI=1S/C13H28N2O2/c1-12(11-17-3)15(9-10-16-2)8-6-13-5-4-7-14-13/h12-14H,4-11H2,1-3H3. The highest BCUT2D eigenvalue weighted by Gasteiger charge is 2.18. The van der Waals surface area contributed by atoms with Gasteiger partial charge in [-0.2, -0.15) is 0 Å². The molecule has 1 fully saturated rings. The molecule has 0 aliphatic carbocycles. The number of hydrogen-bond acceptors (Lipinski definition) is 4. The first-order valence-electron chi connectivity index (χ1n) is 6.73. The largest absolute Gasteiger partial charge is 0.383 e. The van der Waals surface area contributed by atoms with Gasteiger partial charge in [-0.25, -0.2) is 0 Å². The van der Waals surface area contributed by atoms with Crippen LogP contribution in [0.1, 0.15) is 26.2 Å². The average Bonchev–Trinajstić information content (AvgIpc) is 2.82. The van der Waals surface area contributed by atoms with E-state index in [4.69, 9.17) is 9.47 Å². The van der Waals surface area contributed by atoms with Crippen LogP contribution in [-0.2, 0) is 9.47 Å². The second kappa shape index (κ2) is 8.86. The predicted octanol–water partition coefficient (Wildman–Crippen LogP) is 1.11. The van der Waals surface area contributed by atoms with E-state index in [9.17, 15) is 0 Å². The highest BCUT2D eigenvalue weighted by Crippen LogP contribution is 2.11. The molecule has 1 rings (SSSR count). The van der Waals surface area contributed by atoms with E-state index in [0.717, 1.165) is 32.3 Å². The van der Waals surface area contributed by atoms with E-state index >= 15 is 0 Å². The second-order valence-electron chi connectivity index (χ2n) is 4.92. The smallest absolute Gasteiger partial charge is 0.0615 e. The molecule has 1 heterocycles. The van der Waals surface area contributed by atoms with E-state index in [0.29, 0.717) is 6.04 Å². The molecule has 2 atom stereocenters. The minimum absolute atomic E-state index is 0.469. The minimum atomic E-state index is 0.469. The molecule has 0 bridgehead atoms. The lowest BCUT2D eigenvalue weighted by Gasteiger charge is -2.29. The first kappa shape index (κ1) is 14.9. The molecule has 0 aromatic rings. The third kappa shape index (κ3) is 5.82. The summed E-state index contributed by atoms with van der Waals surface area (Å²) in [6.45, 7) is 7.13. The molecule has 2 unspecified atom stereocenters. The van der Waals surface area contributed by atoms with Crippen molar-refractivity contribution in [2.24, 2.45) is 0 Å². The van der Waals surface area contributed by atoms with Crippen LogP contribution >= 0.6 is 0 Å². The highest BCUT2D eigenvalue weighted by molar-refractivity contribution is 4.77. The van der Waals surface area contributed by atoms with Crippen molar-refractivity contribution >= 4 is 0 Å². The van der Waals surface area contributed by atoms with Crippen LogP contribution in [0.5, 0.6) is 0 Å². The lowest BCUT2D eigenvalue weighted by Crippen LogP contribution is -2.41. The SMILES string of the molecule is COCCN(CCC1CCCN1)C(C)COC. The molecular weight excluding hydrogens is 216 g/mol. The molecule has 0 aromatic carbocycles. The zero-order chi connectivity index (χ0) is 12.5. The van der Waals surface area contributed by atoms with E-state index in [1.165, 1.54) is 25.8 Å². The summed E-state index contributed by atoms with van der Waals surface area (Å²) >= 11 is 0. The molecule has 1 saturated heterocycles. The summed E-state index contributed by atoms with van der Waals surface area (Å²) < 4.78 is 10.4. The Kier molecular flexibility index (Phi) is 7.77. The van der Waals surface area contributed by atoms with Crippen LogP contribution in [0.25, 0.3) is 0 Å². The Morgan fingerprint density at radius 3 is 2.71 bits per heavy atom. The monoisotopic (exact) mass is 244 g/mol. The number of rotatable bonds is 9. The van der Waals surface area contributed by atoms with E-state index in [1.807, 2.05) is 0 Å². The highest BCUT2D eigenvalue weighted by atomic mass is 16.5. The summed E-state index contributed by atoms with van der Waals surface area (Å²) in [6, 6.07) is 1.19. The Bertz CT molecular complexity index is 184. The van der Waals surface area contributed by atoms with Gasteiger partial charge in [0.1, 0.15) is 0 Å². The van der Waals surface area contributed by atoms with Gasteiger partial charge in [0, 0.05) is 39.4 Å². The molecule has 17 heavy (non-hydrogen) atoms. The van der Waals surface area contributed by atoms with Gasteiger partial charge in [0.05, 0.1) is 13.2 Å². The number of nitrogens with one attached hydrogen (secondary N) is 1. The summed E-state index contributed by atoms with van der Waals surface area (Å²) in [5, 5.41) is 3.55. The zero-order valence-corrected chi connectivity index (χ0v) is 11.6. The molecule has 1 aliphatic rings. The molecule has 4 heteroatoms. The second-order valence-corrected chi connectivity index (χ2v) is 4.92. The maximum atomic E-state index is 5.24. The lowest BCUT2D eigenvalue weighted by atomic mass is 10.1. The third-order valence-electron chi connectivity index (χ3n) is 3.54. The molecular formula is C13H28N2O2. The summed E-state index contributed by atoms with van der Waals surface area (Å²) in [6.07, 6.45) is 3.89. The van der Waals surface area contributed by atoms with Crippen LogP contribution in [-0.4, -0.2) is 64.1 Å². The van der Waals surface area contributed by atoms with Crippen molar-refractivity contribution < 1.29 is 9.47 Å². The Balaban J connectivity index is 2.27. The maximum Gasteiger partial charge on any atom is 0.0615 e. The van der Waals surface area contributed by atoms with Crippen molar-refractivity contribution in [3.05, 3.63) is 0 Å². The van der Waals surface area contributed by atoms with Crippen LogP contribution in [0.2, 0.25) is 0 Å². The van der Waals surface area contributed by atoms with Gasteiger partial charge in [-0.1, -0.05) is 0 Å². The van der Waals surface area contributed by atoms with Gasteiger partial charge in [0.15, 0.2) is 0 Å². The first-order chi connectivity index (χ1) is 8.27. The van der Waals surface area contributed by atoms with Crippen LogP contribution < -0.4 is 5.32 Å². The summed E-state index contributed by atoms with van der Waals surface area (Å²) in [5.74, 6) is 0. The van der Waals surface area contributed by atoms with Gasteiger partial charge in [-0.15, -0.1) is 0 Å². The fourth-order valence-electron chi connectivity index (χ4n) is 2.43. The number of hydrogen-bond donors (Lipinski definition) is 1. The molecule has 0 amide bonds. The molecule has 102 valence electrons. The average molecular weight is 244 g/mol. The van der Waals surface area contributed by atoms with Crippen LogP contribution in [0, 0.1) is 0 Å². The topological polar surface area (TPSA) is 33.7 Å². The van der Waals surface area contributed by atoms with Crippen LogP contribution in [0.15, 0.2) is 0 Å². The number of ether oxygens (including phenoxy) is 2. The van der Waals surface area contributed by atoms with Crippen molar-refractivity contribution in [1.29, 1.82) is 0 Å². The zero-order valence-electron chi connectivity index (χ0n) is 11.6. The number of methoxy groups -OCH3 is 2. The third-order valence-corrected chi connectivity index (χ3v) is 3.54. The van der Waals surface area contributed by atoms with Gasteiger partial charge in [0.2, 0.25) is 0 Å². The molecule has 0 aromatic heterocycles.